The lowest BCUT2D eigenvalue weighted by Gasteiger charge is -2.08. The number of rotatable bonds is 9. The second kappa shape index (κ2) is 10.8. The molecule has 0 bridgehead atoms. The van der Waals surface area contributed by atoms with Crippen LogP contribution in [0.5, 0.6) is 5.75 Å². The van der Waals surface area contributed by atoms with Crippen molar-refractivity contribution >= 4 is 28.9 Å². The zero-order valence-electron chi connectivity index (χ0n) is 20.6. The van der Waals surface area contributed by atoms with Crippen LogP contribution in [-0.4, -0.2) is 38.0 Å². The van der Waals surface area contributed by atoms with Crippen LogP contribution in [0.3, 0.4) is 0 Å². The van der Waals surface area contributed by atoms with Gasteiger partial charge in [0.15, 0.2) is 11.4 Å². The molecule has 2 aromatic carbocycles. The summed E-state index contributed by atoms with van der Waals surface area (Å²) in [4.78, 5) is 39.6. The number of esters is 1. The maximum atomic E-state index is 12.8. The van der Waals surface area contributed by atoms with Crippen molar-refractivity contribution in [3.05, 3.63) is 106 Å². The number of nitro groups is 1. The molecule has 12 nitrogen and oxygen atoms in total. The lowest BCUT2D eigenvalue weighted by atomic mass is 10.1. The van der Waals surface area contributed by atoms with E-state index >= 15 is 0 Å². The zero-order chi connectivity index (χ0) is 27.4. The van der Waals surface area contributed by atoms with Crippen molar-refractivity contribution in [3.8, 4) is 17.0 Å². The van der Waals surface area contributed by atoms with Gasteiger partial charge in [0.05, 0.1) is 23.4 Å². The Morgan fingerprint density at radius 2 is 1.92 bits per heavy atom. The summed E-state index contributed by atoms with van der Waals surface area (Å²) in [6, 6.07) is 17.7. The number of aromatic nitrogens is 3. The topological polar surface area (TPSA) is 151 Å². The molecule has 39 heavy (non-hydrogen) atoms. The summed E-state index contributed by atoms with van der Waals surface area (Å²) in [5.74, 6) is -0.0503. The number of anilines is 1. The summed E-state index contributed by atoms with van der Waals surface area (Å²) in [5, 5.41) is 17.9. The number of nitrogens with one attached hydrogen (secondary N) is 1. The Bertz CT molecular complexity index is 1670. The van der Waals surface area contributed by atoms with E-state index in [1.165, 1.54) is 41.0 Å². The average molecular weight is 527 g/mol. The first-order chi connectivity index (χ1) is 18.9. The smallest absolute Gasteiger partial charge is 0.343 e. The molecule has 0 aliphatic rings. The molecule has 0 unspecified atom stereocenters. The van der Waals surface area contributed by atoms with Crippen LogP contribution >= 0.6 is 0 Å². The van der Waals surface area contributed by atoms with Crippen LogP contribution in [0.25, 0.3) is 16.9 Å². The van der Waals surface area contributed by atoms with E-state index in [-0.39, 0.29) is 30.2 Å². The number of carbonyl (C=O) groups is 2. The fourth-order valence-corrected chi connectivity index (χ4v) is 3.81. The van der Waals surface area contributed by atoms with Gasteiger partial charge >= 0.3 is 5.97 Å². The molecule has 0 fully saturated rings. The first-order valence-electron chi connectivity index (χ1n) is 11.8. The molecule has 196 valence electrons. The highest BCUT2D eigenvalue weighted by Crippen LogP contribution is 2.25. The minimum absolute atomic E-state index is 0.0380. The maximum absolute atomic E-state index is 12.8. The molecular weight excluding hydrogens is 506 g/mol. The maximum Gasteiger partial charge on any atom is 0.343 e. The second-order valence-corrected chi connectivity index (χ2v) is 8.18. The number of ether oxygens (including phenoxy) is 2. The summed E-state index contributed by atoms with van der Waals surface area (Å²) >= 11 is 0. The van der Waals surface area contributed by atoms with Gasteiger partial charge in [-0.25, -0.2) is 14.3 Å². The number of fused-ring (bicyclic) bond motifs is 1. The van der Waals surface area contributed by atoms with Crippen LogP contribution in [-0.2, 0) is 11.3 Å². The van der Waals surface area contributed by atoms with Crippen LogP contribution in [0, 0.1) is 10.1 Å². The molecule has 3 heterocycles. The number of benzene rings is 2. The van der Waals surface area contributed by atoms with Crippen molar-refractivity contribution in [1.82, 2.24) is 14.6 Å². The molecule has 12 heteroatoms. The van der Waals surface area contributed by atoms with Crippen molar-refractivity contribution in [2.45, 2.75) is 13.5 Å². The normalized spacial score (nSPS) is 10.8. The van der Waals surface area contributed by atoms with Crippen LogP contribution in [0.15, 0.2) is 83.5 Å². The Labute approximate surface area is 221 Å². The number of non-ortho nitro benzene ring substituents is 1. The van der Waals surface area contributed by atoms with Crippen molar-refractivity contribution in [2.75, 3.05) is 11.9 Å². The van der Waals surface area contributed by atoms with Gasteiger partial charge in [-0.1, -0.05) is 12.1 Å². The molecule has 5 aromatic rings. The molecule has 0 saturated carbocycles. The Morgan fingerprint density at radius 3 is 2.69 bits per heavy atom. The first kappa shape index (κ1) is 25.1. The van der Waals surface area contributed by atoms with E-state index in [9.17, 15) is 19.7 Å². The largest absolute Gasteiger partial charge is 0.486 e. The molecule has 0 saturated heterocycles. The summed E-state index contributed by atoms with van der Waals surface area (Å²) in [6.07, 6.45) is 2.98. The molecule has 5 rings (SSSR count). The quantitative estimate of drug-likeness (QED) is 0.160. The van der Waals surface area contributed by atoms with Gasteiger partial charge in [-0.15, -0.1) is 0 Å². The molecule has 1 N–H and O–H groups in total. The zero-order valence-corrected chi connectivity index (χ0v) is 20.6. The SMILES string of the molecule is CCOC(=O)c1cnn2c(-c3cccc(NC(=O)c4ccc(COc5ccc([N+](=O)[O-])cc5)o4)c3)ccnc12. The second-order valence-electron chi connectivity index (χ2n) is 8.18. The van der Waals surface area contributed by atoms with Crippen molar-refractivity contribution in [1.29, 1.82) is 0 Å². The standard InChI is InChI=1S/C27H21N5O7/c1-2-37-27(34)22-15-29-31-23(12-13-28-25(22)31)17-4-3-5-18(14-17)30-26(33)24-11-10-21(39-24)16-38-20-8-6-19(7-9-20)32(35)36/h3-15H,2,16H2,1H3,(H,30,33). The highest BCUT2D eigenvalue weighted by molar-refractivity contribution is 6.02. The first-order valence-corrected chi connectivity index (χ1v) is 11.8. The van der Waals surface area contributed by atoms with Crippen LogP contribution in [0.4, 0.5) is 11.4 Å². The molecule has 0 aliphatic heterocycles. The highest BCUT2D eigenvalue weighted by Gasteiger charge is 2.18. The number of carbonyl (C=O) groups excluding carboxylic acids is 2. The molecule has 0 spiro atoms. The summed E-state index contributed by atoms with van der Waals surface area (Å²) in [5.41, 5.74) is 2.49. The predicted octanol–water partition coefficient (Wildman–Crippen LogP) is 4.91. The number of furan rings is 1. The van der Waals surface area contributed by atoms with Gasteiger partial charge in [0, 0.05) is 29.6 Å². The number of hydrogen-bond acceptors (Lipinski definition) is 9. The van der Waals surface area contributed by atoms with Crippen LogP contribution < -0.4 is 10.1 Å². The Kier molecular flexibility index (Phi) is 6.99. The van der Waals surface area contributed by atoms with Gasteiger partial charge < -0.3 is 19.2 Å². The minimum Gasteiger partial charge on any atom is -0.486 e. The summed E-state index contributed by atoms with van der Waals surface area (Å²) in [7, 11) is 0. The fourth-order valence-electron chi connectivity index (χ4n) is 3.81. The molecule has 0 aliphatic carbocycles. The van der Waals surface area contributed by atoms with Gasteiger partial charge in [0.2, 0.25) is 0 Å². The van der Waals surface area contributed by atoms with E-state index in [1.54, 1.807) is 43.5 Å². The van der Waals surface area contributed by atoms with E-state index < -0.39 is 16.8 Å². The third-order valence-electron chi connectivity index (χ3n) is 5.63. The monoisotopic (exact) mass is 527 g/mol. The summed E-state index contributed by atoms with van der Waals surface area (Å²) in [6.45, 7) is 2.00. The third-order valence-corrected chi connectivity index (χ3v) is 5.63. The number of nitro benzene ring substituents is 1. The summed E-state index contributed by atoms with van der Waals surface area (Å²) < 4.78 is 17.8. The highest BCUT2D eigenvalue weighted by atomic mass is 16.6. The fraction of sp³-hybridized carbons (Fsp3) is 0.111. The van der Waals surface area contributed by atoms with Gasteiger partial charge in [-0.2, -0.15) is 5.10 Å². The minimum atomic E-state index is -0.505. The van der Waals surface area contributed by atoms with Gasteiger partial charge in [-0.3, -0.25) is 14.9 Å². The third kappa shape index (κ3) is 5.44. The van der Waals surface area contributed by atoms with Gasteiger partial charge in [-0.05, 0) is 49.4 Å². The lowest BCUT2D eigenvalue weighted by Crippen LogP contribution is -2.11. The number of amides is 1. The van der Waals surface area contributed by atoms with E-state index in [1.807, 2.05) is 6.07 Å². The molecular formula is C27H21N5O7. The molecule has 0 radical (unpaired) electrons. The molecule has 0 atom stereocenters. The Balaban J connectivity index is 1.28. The van der Waals surface area contributed by atoms with Crippen LogP contribution in [0.1, 0.15) is 33.6 Å². The Morgan fingerprint density at radius 1 is 1.10 bits per heavy atom. The molecule has 3 aromatic heterocycles. The average Bonchev–Trinajstić information content (AvgIpc) is 3.60. The van der Waals surface area contributed by atoms with E-state index in [0.717, 1.165) is 5.56 Å². The van der Waals surface area contributed by atoms with Crippen molar-refractivity contribution in [2.24, 2.45) is 0 Å². The van der Waals surface area contributed by atoms with Gasteiger partial charge in [0.25, 0.3) is 11.6 Å². The van der Waals surface area contributed by atoms with Crippen LogP contribution in [0.2, 0.25) is 0 Å². The van der Waals surface area contributed by atoms with E-state index in [2.05, 4.69) is 15.4 Å². The van der Waals surface area contributed by atoms with Gasteiger partial charge in [0.1, 0.15) is 23.7 Å². The number of nitrogens with zero attached hydrogens (tertiary/aromatic N) is 4. The van der Waals surface area contributed by atoms with Crippen molar-refractivity contribution < 1.29 is 28.4 Å². The lowest BCUT2D eigenvalue weighted by molar-refractivity contribution is -0.384. The number of hydrogen-bond donors (Lipinski definition) is 1. The molecule has 1 amide bonds. The Hall–Kier alpha value is -5.52. The predicted molar refractivity (Wildman–Crippen MR) is 138 cm³/mol. The van der Waals surface area contributed by atoms with E-state index in [4.69, 9.17) is 13.9 Å². The van der Waals surface area contributed by atoms with Crippen molar-refractivity contribution in [3.63, 3.8) is 0 Å². The van der Waals surface area contributed by atoms with E-state index in [0.29, 0.717) is 28.5 Å².